The lowest BCUT2D eigenvalue weighted by atomic mass is 10.2. The average Bonchev–Trinajstić information content (AvgIpc) is 2.53. The second-order valence-corrected chi connectivity index (χ2v) is 3.31. The fourth-order valence-corrected chi connectivity index (χ4v) is 1.49. The van der Waals surface area contributed by atoms with Gasteiger partial charge in [-0.3, -0.25) is 4.79 Å². The van der Waals surface area contributed by atoms with Gasteiger partial charge in [-0.1, -0.05) is 0 Å². The van der Waals surface area contributed by atoms with E-state index in [1.807, 2.05) is 0 Å². The van der Waals surface area contributed by atoms with E-state index < -0.39 is 5.97 Å². The van der Waals surface area contributed by atoms with Crippen molar-refractivity contribution >= 4 is 17.0 Å². The van der Waals surface area contributed by atoms with Crippen LogP contribution in [-0.2, 0) is 7.05 Å². The highest BCUT2D eigenvalue weighted by molar-refractivity contribution is 6.00. The first-order chi connectivity index (χ1) is 7.00. The standard InChI is InChI=1S/C9H9N3O3/c1-4-10-6-5(9(14)15)3-12(2)8(13)7(6)11-4/h3H,1-2H3,(H,10,11)(H,14,15). The normalized spacial score (nSPS) is 10.8. The van der Waals surface area contributed by atoms with Crippen molar-refractivity contribution in [3.8, 4) is 0 Å². The van der Waals surface area contributed by atoms with Gasteiger partial charge in [0.1, 0.15) is 22.4 Å². The predicted octanol–water partition coefficient (Wildman–Crippen LogP) is 0.268. The number of hydrogen-bond acceptors (Lipinski definition) is 3. The zero-order valence-corrected chi connectivity index (χ0v) is 8.24. The van der Waals surface area contributed by atoms with E-state index in [1.54, 1.807) is 6.92 Å². The van der Waals surface area contributed by atoms with Crippen molar-refractivity contribution in [2.75, 3.05) is 0 Å². The van der Waals surface area contributed by atoms with Crippen LogP contribution in [0, 0.1) is 6.92 Å². The molecular weight excluding hydrogens is 198 g/mol. The zero-order valence-electron chi connectivity index (χ0n) is 8.24. The molecule has 15 heavy (non-hydrogen) atoms. The van der Waals surface area contributed by atoms with Crippen LogP contribution >= 0.6 is 0 Å². The minimum Gasteiger partial charge on any atom is -0.478 e. The fourth-order valence-electron chi connectivity index (χ4n) is 1.49. The van der Waals surface area contributed by atoms with Gasteiger partial charge in [-0.15, -0.1) is 0 Å². The number of fused-ring (bicyclic) bond motifs is 1. The number of hydrogen-bond donors (Lipinski definition) is 2. The summed E-state index contributed by atoms with van der Waals surface area (Å²) in [6.45, 7) is 1.67. The van der Waals surface area contributed by atoms with Gasteiger partial charge in [-0.05, 0) is 6.92 Å². The van der Waals surface area contributed by atoms with E-state index in [1.165, 1.54) is 17.8 Å². The van der Waals surface area contributed by atoms with Crippen molar-refractivity contribution in [2.24, 2.45) is 7.05 Å². The lowest BCUT2D eigenvalue weighted by molar-refractivity contribution is 0.0698. The number of nitrogens with one attached hydrogen (secondary N) is 1. The summed E-state index contributed by atoms with van der Waals surface area (Å²) in [5.74, 6) is -0.571. The first kappa shape index (κ1) is 9.45. The number of aromatic carboxylic acids is 1. The Bertz CT molecular complexity index is 609. The molecule has 0 bridgehead atoms. The molecule has 0 fully saturated rings. The number of aromatic amines is 1. The third-order valence-corrected chi connectivity index (χ3v) is 2.16. The van der Waals surface area contributed by atoms with Crippen LogP contribution in [0.15, 0.2) is 11.0 Å². The van der Waals surface area contributed by atoms with Gasteiger partial charge < -0.3 is 14.7 Å². The number of carboxylic acids is 1. The summed E-state index contributed by atoms with van der Waals surface area (Å²) in [4.78, 5) is 29.3. The van der Waals surface area contributed by atoms with Crippen LogP contribution in [0.4, 0.5) is 0 Å². The number of H-pyrrole nitrogens is 1. The van der Waals surface area contributed by atoms with Gasteiger partial charge in [-0.25, -0.2) is 9.78 Å². The number of aryl methyl sites for hydroxylation is 2. The van der Waals surface area contributed by atoms with E-state index in [9.17, 15) is 9.59 Å². The van der Waals surface area contributed by atoms with E-state index in [4.69, 9.17) is 5.11 Å². The largest absolute Gasteiger partial charge is 0.478 e. The van der Waals surface area contributed by atoms with Crippen molar-refractivity contribution in [3.05, 3.63) is 27.9 Å². The number of imidazole rings is 1. The molecular formula is C9H9N3O3. The van der Waals surface area contributed by atoms with Gasteiger partial charge >= 0.3 is 5.97 Å². The third kappa shape index (κ3) is 1.30. The Kier molecular flexibility index (Phi) is 1.85. The maximum atomic E-state index is 11.6. The van der Waals surface area contributed by atoms with Crippen molar-refractivity contribution in [3.63, 3.8) is 0 Å². The maximum absolute atomic E-state index is 11.6. The molecule has 0 unspecified atom stereocenters. The lowest BCUT2D eigenvalue weighted by Crippen LogP contribution is -2.18. The van der Waals surface area contributed by atoms with E-state index in [-0.39, 0.29) is 22.2 Å². The van der Waals surface area contributed by atoms with Crippen LogP contribution in [-0.4, -0.2) is 25.6 Å². The van der Waals surface area contributed by atoms with E-state index in [2.05, 4.69) is 9.97 Å². The number of aromatic nitrogens is 3. The van der Waals surface area contributed by atoms with Gasteiger partial charge in [0, 0.05) is 13.2 Å². The summed E-state index contributed by atoms with van der Waals surface area (Å²) in [5, 5.41) is 8.94. The molecule has 2 rings (SSSR count). The fraction of sp³-hybridized carbons (Fsp3) is 0.222. The molecule has 0 atom stereocenters. The summed E-state index contributed by atoms with van der Waals surface area (Å²) in [6.07, 6.45) is 1.27. The van der Waals surface area contributed by atoms with E-state index in [0.717, 1.165) is 0 Å². The van der Waals surface area contributed by atoms with Gasteiger partial charge in [-0.2, -0.15) is 0 Å². The molecule has 0 amide bonds. The van der Waals surface area contributed by atoms with Crippen molar-refractivity contribution in [2.45, 2.75) is 6.92 Å². The van der Waals surface area contributed by atoms with E-state index >= 15 is 0 Å². The van der Waals surface area contributed by atoms with Crippen LogP contribution in [0.25, 0.3) is 11.0 Å². The molecule has 0 aromatic carbocycles. The Balaban J connectivity index is 3.00. The smallest absolute Gasteiger partial charge is 0.339 e. The van der Waals surface area contributed by atoms with Crippen LogP contribution in [0.5, 0.6) is 0 Å². The molecule has 6 nitrogen and oxygen atoms in total. The molecule has 78 valence electrons. The molecule has 0 radical (unpaired) electrons. The molecule has 0 aliphatic carbocycles. The predicted molar refractivity (Wildman–Crippen MR) is 53.0 cm³/mol. The summed E-state index contributed by atoms with van der Waals surface area (Å²) in [6, 6.07) is 0. The second kappa shape index (κ2) is 2.94. The highest BCUT2D eigenvalue weighted by atomic mass is 16.4. The number of pyridine rings is 1. The number of carbonyl (C=O) groups is 1. The Morgan fingerprint density at radius 3 is 2.87 bits per heavy atom. The van der Waals surface area contributed by atoms with Gasteiger partial charge in [0.2, 0.25) is 0 Å². The van der Waals surface area contributed by atoms with Crippen molar-refractivity contribution in [1.82, 2.24) is 14.5 Å². The monoisotopic (exact) mass is 207 g/mol. The van der Waals surface area contributed by atoms with Gasteiger partial charge in [0.05, 0.1) is 0 Å². The highest BCUT2D eigenvalue weighted by Gasteiger charge is 2.15. The number of carboxylic acid groups (broad SMARTS) is 1. The third-order valence-electron chi connectivity index (χ3n) is 2.16. The Hall–Kier alpha value is -2.11. The second-order valence-electron chi connectivity index (χ2n) is 3.31. The SMILES string of the molecule is Cc1nc2c(C(=O)O)cn(C)c(=O)c2[nH]1. The van der Waals surface area contributed by atoms with Crippen LogP contribution < -0.4 is 5.56 Å². The molecule has 6 heteroatoms. The van der Waals surface area contributed by atoms with Crippen LogP contribution in [0.3, 0.4) is 0 Å². The van der Waals surface area contributed by atoms with Crippen molar-refractivity contribution in [1.29, 1.82) is 0 Å². The summed E-state index contributed by atoms with van der Waals surface area (Å²) in [5.41, 5.74) is 0.185. The quantitative estimate of drug-likeness (QED) is 0.702. The van der Waals surface area contributed by atoms with Gasteiger partial charge in [0.25, 0.3) is 5.56 Å². The average molecular weight is 207 g/mol. The minimum absolute atomic E-state index is 0.0245. The molecule has 2 aromatic rings. The molecule has 0 saturated carbocycles. The van der Waals surface area contributed by atoms with Crippen LogP contribution in [0.1, 0.15) is 16.2 Å². The zero-order chi connectivity index (χ0) is 11.2. The highest BCUT2D eigenvalue weighted by Crippen LogP contribution is 2.12. The first-order valence-electron chi connectivity index (χ1n) is 4.30. The van der Waals surface area contributed by atoms with Crippen molar-refractivity contribution < 1.29 is 9.90 Å². The van der Waals surface area contributed by atoms with E-state index in [0.29, 0.717) is 5.82 Å². The lowest BCUT2D eigenvalue weighted by Gasteiger charge is -2.00. The Morgan fingerprint density at radius 2 is 2.27 bits per heavy atom. The Morgan fingerprint density at radius 1 is 1.60 bits per heavy atom. The molecule has 2 N–H and O–H groups in total. The first-order valence-corrected chi connectivity index (χ1v) is 4.30. The molecule has 0 spiro atoms. The summed E-state index contributed by atoms with van der Waals surface area (Å²) >= 11 is 0. The van der Waals surface area contributed by atoms with Crippen LogP contribution in [0.2, 0.25) is 0 Å². The molecule has 0 saturated heterocycles. The molecule has 0 aliphatic heterocycles. The summed E-state index contributed by atoms with van der Waals surface area (Å²) in [7, 11) is 1.50. The number of nitrogens with zero attached hydrogens (tertiary/aromatic N) is 2. The molecule has 2 aromatic heterocycles. The molecule has 0 aliphatic rings. The summed E-state index contributed by atoms with van der Waals surface area (Å²) < 4.78 is 1.23. The van der Waals surface area contributed by atoms with Gasteiger partial charge in [0.15, 0.2) is 0 Å². The Labute approximate surface area is 84.2 Å². The maximum Gasteiger partial charge on any atom is 0.339 e. The molecule has 2 heterocycles. The number of rotatable bonds is 1. The minimum atomic E-state index is -1.10. The topological polar surface area (TPSA) is 88.0 Å².